The number of nitrogens with zero attached hydrogens (tertiary/aromatic N) is 3. The van der Waals surface area contributed by atoms with E-state index < -0.39 is 10.0 Å². The number of aryl methyl sites for hydroxylation is 1. The Balaban J connectivity index is 1.65. The van der Waals surface area contributed by atoms with Crippen molar-refractivity contribution < 1.29 is 8.42 Å². The zero-order valence-corrected chi connectivity index (χ0v) is 13.3. The summed E-state index contributed by atoms with van der Waals surface area (Å²) in [6, 6.07) is 0.220. The van der Waals surface area contributed by atoms with E-state index in [0.29, 0.717) is 17.4 Å². The molecule has 3 rings (SSSR count). The Morgan fingerprint density at radius 1 is 1.43 bits per heavy atom. The fraction of sp³-hybridized carbons (Fsp3) is 0.786. The van der Waals surface area contributed by atoms with Crippen LogP contribution in [0, 0.1) is 5.92 Å². The molecule has 2 heterocycles. The van der Waals surface area contributed by atoms with Gasteiger partial charge in [-0.2, -0.15) is 9.40 Å². The van der Waals surface area contributed by atoms with Gasteiger partial charge >= 0.3 is 0 Å². The maximum Gasteiger partial charge on any atom is 0.246 e. The summed E-state index contributed by atoms with van der Waals surface area (Å²) in [6.45, 7) is 5.39. The molecule has 2 unspecified atom stereocenters. The summed E-state index contributed by atoms with van der Waals surface area (Å²) in [7, 11) is -3.35. The molecule has 1 aromatic rings. The van der Waals surface area contributed by atoms with Crippen molar-refractivity contribution in [2.24, 2.45) is 5.92 Å². The lowest BCUT2D eigenvalue weighted by molar-refractivity contribution is 0.333. The van der Waals surface area contributed by atoms with Crippen molar-refractivity contribution in [3.05, 3.63) is 12.4 Å². The quantitative estimate of drug-likeness (QED) is 0.764. The lowest BCUT2D eigenvalue weighted by Crippen LogP contribution is -2.37. The first kappa shape index (κ1) is 15.0. The van der Waals surface area contributed by atoms with Crippen molar-refractivity contribution in [3.8, 4) is 0 Å². The third-order valence-corrected chi connectivity index (χ3v) is 6.44. The molecule has 21 heavy (non-hydrogen) atoms. The highest BCUT2D eigenvalue weighted by molar-refractivity contribution is 7.89. The predicted molar refractivity (Wildman–Crippen MR) is 80.4 cm³/mol. The van der Waals surface area contributed by atoms with Crippen molar-refractivity contribution in [2.75, 3.05) is 19.6 Å². The smallest absolute Gasteiger partial charge is 0.246 e. The van der Waals surface area contributed by atoms with Crippen molar-refractivity contribution >= 4 is 10.0 Å². The Kier molecular flexibility index (Phi) is 4.33. The first-order chi connectivity index (χ1) is 10.1. The van der Waals surface area contributed by atoms with Gasteiger partial charge in [0.1, 0.15) is 4.90 Å². The molecule has 1 aliphatic carbocycles. The van der Waals surface area contributed by atoms with Crippen molar-refractivity contribution in [1.29, 1.82) is 0 Å². The molecule has 118 valence electrons. The first-order valence-electron chi connectivity index (χ1n) is 7.86. The number of rotatable bonds is 7. The number of aromatic nitrogens is 2. The minimum atomic E-state index is -3.35. The first-order valence-corrected chi connectivity index (χ1v) is 9.30. The lowest BCUT2D eigenvalue weighted by Gasteiger charge is -2.25. The maximum absolute atomic E-state index is 12.7. The second-order valence-electron chi connectivity index (χ2n) is 6.05. The van der Waals surface area contributed by atoms with E-state index in [2.05, 4.69) is 17.3 Å². The second kappa shape index (κ2) is 6.06. The minimum absolute atomic E-state index is 0.220. The number of hydrogen-bond acceptors (Lipinski definition) is 4. The van der Waals surface area contributed by atoms with Gasteiger partial charge in [0.15, 0.2) is 0 Å². The Labute approximate surface area is 126 Å². The molecule has 0 aromatic carbocycles. The van der Waals surface area contributed by atoms with Gasteiger partial charge in [-0.15, -0.1) is 0 Å². The van der Waals surface area contributed by atoms with Crippen LogP contribution < -0.4 is 5.32 Å². The highest BCUT2D eigenvalue weighted by atomic mass is 32.2. The largest absolute Gasteiger partial charge is 0.317 e. The van der Waals surface area contributed by atoms with Crippen molar-refractivity contribution in [1.82, 2.24) is 19.4 Å². The van der Waals surface area contributed by atoms with E-state index in [-0.39, 0.29) is 6.04 Å². The van der Waals surface area contributed by atoms with Gasteiger partial charge in [0.25, 0.3) is 0 Å². The van der Waals surface area contributed by atoms with Crippen LogP contribution in [0.4, 0.5) is 0 Å². The van der Waals surface area contributed by atoms with E-state index in [1.54, 1.807) is 15.2 Å². The van der Waals surface area contributed by atoms with Gasteiger partial charge in [-0.25, -0.2) is 8.42 Å². The minimum Gasteiger partial charge on any atom is -0.317 e. The summed E-state index contributed by atoms with van der Waals surface area (Å²) >= 11 is 0. The number of piperidine rings is 1. The van der Waals surface area contributed by atoms with E-state index in [4.69, 9.17) is 0 Å². The number of sulfonamides is 1. The van der Waals surface area contributed by atoms with Crippen LogP contribution in [-0.2, 0) is 16.6 Å². The van der Waals surface area contributed by atoms with E-state index >= 15 is 0 Å². The van der Waals surface area contributed by atoms with Gasteiger partial charge in [-0.3, -0.25) is 4.68 Å². The summed E-state index contributed by atoms with van der Waals surface area (Å²) in [4.78, 5) is 0.346. The van der Waals surface area contributed by atoms with E-state index in [1.165, 1.54) is 12.6 Å². The molecule has 0 spiro atoms. The Hall–Kier alpha value is -0.920. The lowest BCUT2D eigenvalue weighted by atomic mass is 10.1. The molecule has 1 saturated heterocycles. The molecule has 2 atom stereocenters. The molecule has 1 N–H and O–H groups in total. The third-order valence-electron chi connectivity index (χ3n) is 4.57. The Morgan fingerprint density at radius 3 is 2.95 bits per heavy atom. The van der Waals surface area contributed by atoms with Crippen LogP contribution in [0.3, 0.4) is 0 Å². The normalized spacial score (nSPS) is 25.8. The molecule has 0 amide bonds. The molecule has 1 aromatic heterocycles. The van der Waals surface area contributed by atoms with Crippen molar-refractivity contribution in [2.45, 2.75) is 50.1 Å². The third kappa shape index (κ3) is 3.00. The predicted octanol–water partition coefficient (Wildman–Crippen LogP) is 1.06. The SMILES string of the molecule is CCNCCCn1cc(S(=O)(=O)N2CC3CCC2C3)cn1. The molecule has 2 aliphatic rings. The summed E-state index contributed by atoms with van der Waals surface area (Å²) in [5.41, 5.74) is 0. The molecule has 2 bridgehead atoms. The number of hydrogen-bond donors (Lipinski definition) is 1. The molecule has 1 aliphatic heterocycles. The number of nitrogens with one attached hydrogen (secondary N) is 1. The summed E-state index contributed by atoms with van der Waals surface area (Å²) < 4.78 is 28.8. The fourth-order valence-corrected chi connectivity index (χ4v) is 5.15. The second-order valence-corrected chi connectivity index (χ2v) is 7.94. The molecule has 0 radical (unpaired) electrons. The van der Waals surface area contributed by atoms with Crippen LogP contribution in [0.1, 0.15) is 32.6 Å². The highest BCUT2D eigenvalue weighted by Crippen LogP contribution is 2.40. The molecule has 2 fully saturated rings. The van der Waals surface area contributed by atoms with Gasteiger partial charge in [0, 0.05) is 25.3 Å². The van der Waals surface area contributed by atoms with Gasteiger partial charge in [-0.05, 0) is 44.7 Å². The van der Waals surface area contributed by atoms with E-state index in [9.17, 15) is 8.42 Å². The molecular formula is C14H24N4O2S. The van der Waals surface area contributed by atoms with Crippen LogP contribution in [0.15, 0.2) is 17.3 Å². The summed E-state index contributed by atoms with van der Waals surface area (Å²) in [5.74, 6) is 0.569. The van der Waals surface area contributed by atoms with Gasteiger partial charge in [-0.1, -0.05) is 6.92 Å². The fourth-order valence-electron chi connectivity index (χ4n) is 3.45. The molecular weight excluding hydrogens is 288 g/mol. The Bertz CT molecular complexity index is 584. The standard InChI is InChI=1S/C14H24N4O2S/c1-2-15-6-3-7-17-11-14(9-16-17)21(19,20)18-10-12-4-5-13(18)8-12/h9,11-13,15H,2-8,10H2,1H3. The monoisotopic (exact) mass is 312 g/mol. The van der Waals surface area contributed by atoms with Gasteiger partial charge in [0.2, 0.25) is 10.0 Å². The van der Waals surface area contributed by atoms with Crippen LogP contribution in [-0.4, -0.2) is 48.2 Å². The maximum atomic E-state index is 12.7. The van der Waals surface area contributed by atoms with Crippen LogP contribution >= 0.6 is 0 Å². The summed E-state index contributed by atoms with van der Waals surface area (Å²) in [5, 5.41) is 7.45. The highest BCUT2D eigenvalue weighted by Gasteiger charge is 2.44. The average molecular weight is 312 g/mol. The zero-order valence-electron chi connectivity index (χ0n) is 12.5. The Morgan fingerprint density at radius 2 is 2.29 bits per heavy atom. The molecule has 7 heteroatoms. The van der Waals surface area contributed by atoms with Gasteiger partial charge in [0.05, 0.1) is 6.20 Å². The van der Waals surface area contributed by atoms with Crippen molar-refractivity contribution in [3.63, 3.8) is 0 Å². The molecule has 1 saturated carbocycles. The van der Waals surface area contributed by atoms with Gasteiger partial charge < -0.3 is 5.32 Å². The van der Waals surface area contributed by atoms with Crippen LogP contribution in [0.5, 0.6) is 0 Å². The summed E-state index contributed by atoms with van der Waals surface area (Å²) in [6.07, 6.45) is 7.35. The topological polar surface area (TPSA) is 67.2 Å². The number of fused-ring (bicyclic) bond motifs is 2. The van der Waals surface area contributed by atoms with Crippen LogP contribution in [0.2, 0.25) is 0 Å². The van der Waals surface area contributed by atoms with Crippen LogP contribution in [0.25, 0.3) is 0 Å². The average Bonchev–Trinajstić information content (AvgIpc) is 3.19. The van der Waals surface area contributed by atoms with E-state index in [0.717, 1.165) is 38.9 Å². The zero-order chi connectivity index (χ0) is 14.9. The van der Waals surface area contributed by atoms with E-state index in [1.807, 2.05) is 0 Å². The molecule has 6 nitrogen and oxygen atoms in total.